The van der Waals surface area contributed by atoms with Crippen LogP contribution >= 0.6 is 11.6 Å². The molecule has 142 valence electrons. The molecule has 2 aromatic carbocycles. The Bertz CT molecular complexity index is 894. The number of anilines is 2. The molecule has 0 saturated heterocycles. The summed E-state index contributed by atoms with van der Waals surface area (Å²) in [6.45, 7) is 1.83. The van der Waals surface area contributed by atoms with Crippen LogP contribution in [0.25, 0.3) is 0 Å². The van der Waals surface area contributed by atoms with Crippen LogP contribution in [0.5, 0.6) is 11.5 Å². The maximum absolute atomic E-state index is 12.9. The predicted molar refractivity (Wildman–Crippen MR) is 105 cm³/mol. The van der Waals surface area contributed by atoms with Crippen molar-refractivity contribution in [1.82, 2.24) is 0 Å². The molecule has 2 amide bonds. The second-order valence-corrected chi connectivity index (χ2v) is 6.90. The Morgan fingerprint density at radius 1 is 0.963 bits per heavy atom. The van der Waals surface area contributed by atoms with Gasteiger partial charge in [-0.05, 0) is 43.5 Å². The molecule has 1 aliphatic carbocycles. The Kier molecular flexibility index (Phi) is 5.28. The van der Waals surface area contributed by atoms with Crippen molar-refractivity contribution in [1.29, 1.82) is 0 Å². The smallest absolute Gasteiger partial charge is 0.240 e. The number of para-hydroxylation sites is 2. The summed E-state index contributed by atoms with van der Waals surface area (Å²) in [7, 11) is 3.03. The van der Waals surface area contributed by atoms with Gasteiger partial charge < -0.3 is 20.1 Å². The summed E-state index contributed by atoms with van der Waals surface area (Å²) in [6.07, 6.45) is 0.962. The van der Waals surface area contributed by atoms with Crippen molar-refractivity contribution in [3.63, 3.8) is 0 Å². The minimum absolute atomic E-state index is 0.353. The highest BCUT2D eigenvalue weighted by molar-refractivity contribution is 6.31. The molecule has 0 bridgehead atoms. The molecular formula is C20H21ClN2O4. The van der Waals surface area contributed by atoms with Crippen LogP contribution in [0.3, 0.4) is 0 Å². The van der Waals surface area contributed by atoms with E-state index in [2.05, 4.69) is 10.6 Å². The number of carbonyl (C=O) groups is 2. The quantitative estimate of drug-likeness (QED) is 0.732. The number of benzene rings is 2. The Hall–Kier alpha value is -2.73. The zero-order valence-electron chi connectivity index (χ0n) is 15.4. The van der Waals surface area contributed by atoms with Crippen LogP contribution in [0.4, 0.5) is 11.4 Å². The van der Waals surface area contributed by atoms with Crippen molar-refractivity contribution in [3.8, 4) is 11.5 Å². The Morgan fingerprint density at radius 3 is 2.15 bits per heavy atom. The van der Waals surface area contributed by atoms with E-state index in [0.29, 0.717) is 40.7 Å². The number of hydrogen-bond donors (Lipinski definition) is 2. The van der Waals surface area contributed by atoms with Crippen molar-refractivity contribution in [2.24, 2.45) is 5.41 Å². The van der Waals surface area contributed by atoms with Gasteiger partial charge in [0.1, 0.15) is 16.9 Å². The third-order valence-electron chi connectivity index (χ3n) is 4.70. The summed E-state index contributed by atoms with van der Waals surface area (Å²) in [5, 5.41) is 6.16. The van der Waals surface area contributed by atoms with Crippen LogP contribution in [0.15, 0.2) is 36.4 Å². The number of ether oxygens (including phenoxy) is 2. The molecule has 0 spiro atoms. The molecule has 2 aromatic rings. The van der Waals surface area contributed by atoms with E-state index >= 15 is 0 Å². The van der Waals surface area contributed by atoms with Gasteiger partial charge in [0.15, 0.2) is 0 Å². The van der Waals surface area contributed by atoms with Gasteiger partial charge in [0, 0.05) is 11.1 Å². The van der Waals surface area contributed by atoms with E-state index in [1.54, 1.807) is 30.3 Å². The van der Waals surface area contributed by atoms with E-state index in [9.17, 15) is 9.59 Å². The first-order chi connectivity index (χ1) is 12.9. The SMILES string of the molecule is COc1ccccc1NC(=O)C1(C(=O)Nc2cc(C)c(Cl)cc2OC)CC1. The fourth-order valence-corrected chi connectivity index (χ4v) is 3.00. The Labute approximate surface area is 162 Å². The molecule has 1 saturated carbocycles. The van der Waals surface area contributed by atoms with Crippen LogP contribution in [0.2, 0.25) is 5.02 Å². The summed E-state index contributed by atoms with van der Waals surface area (Å²) in [5.74, 6) is 0.265. The Morgan fingerprint density at radius 2 is 1.56 bits per heavy atom. The van der Waals surface area contributed by atoms with Crippen molar-refractivity contribution >= 4 is 34.8 Å². The molecule has 1 fully saturated rings. The number of aryl methyl sites for hydroxylation is 1. The number of methoxy groups -OCH3 is 2. The van der Waals surface area contributed by atoms with Crippen molar-refractivity contribution in [2.45, 2.75) is 19.8 Å². The van der Waals surface area contributed by atoms with E-state index in [0.717, 1.165) is 5.56 Å². The van der Waals surface area contributed by atoms with E-state index in [1.165, 1.54) is 14.2 Å². The molecule has 0 unspecified atom stereocenters. The van der Waals surface area contributed by atoms with Gasteiger partial charge in [0.05, 0.1) is 25.6 Å². The molecule has 0 aliphatic heterocycles. The fourth-order valence-electron chi connectivity index (χ4n) is 2.84. The first-order valence-corrected chi connectivity index (χ1v) is 8.89. The first-order valence-electron chi connectivity index (χ1n) is 8.51. The van der Waals surface area contributed by atoms with Gasteiger partial charge in [-0.25, -0.2) is 0 Å². The van der Waals surface area contributed by atoms with Gasteiger partial charge in [0.25, 0.3) is 0 Å². The number of halogens is 1. The molecule has 0 heterocycles. The minimum Gasteiger partial charge on any atom is -0.495 e. The van der Waals surface area contributed by atoms with Crippen molar-refractivity contribution in [3.05, 3.63) is 47.0 Å². The lowest BCUT2D eigenvalue weighted by molar-refractivity contribution is -0.131. The molecule has 27 heavy (non-hydrogen) atoms. The second-order valence-electron chi connectivity index (χ2n) is 6.49. The number of carbonyl (C=O) groups excluding carboxylic acids is 2. The second kappa shape index (κ2) is 7.48. The maximum Gasteiger partial charge on any atom is 0.240 e. The van der Waals surface area contributed by atoms with Crippen LogP contribution in [0.1, 0.15) is 18.4 Å². The lowest BCUT2D eigenvalue weighted by Gasteiger charge is -2.18. The summed E-state index contributed by atoms with van der Waals surface area (Å²) >= 11 is 6.10. The minimum atomic E-state index is -1.10. The van der Waals surface area contributed by atoms with Gasteiger partial charge in [0.2, 0.25) is 11.8 Å². The van der Waals surface area contributed by atoms with Gasteiger partial charge in [-0.1, -0.05) is 23.7 Å². The molecule has 1 aliphatic rings. The maximum atomic E-state index is 12.9. The molecule has 6 nitrogen and oxygen atoms in total. The van der Waals surface area contributed by atoms with Gasteiger partial charge in [-0.15, -0.1) is 0 Å². The normalized spacial score (nSPS) is 14.2. The summed E-state index contributed by atoms with van der Waals surface area (Å²) < 4.78 is 10.5. The summed E-state index contributed by atoms with van der Waals surface area (Å²) in [5.41, 5.74) is 0.722. The van der Waals surface area contributed by atoms with Crippen LogP contribution in [0, 0.1) is 12.3 Å². The fraction of sp³-hybridized carbons (Fsp3) is 0.300. The molecule has 2 N–H and O–H groups in total. The zero-order chi connectivity index (χ0) is 19.6. The van der Waals surface area contributed by atoms with Gasteiger partial charge in [-0.2, -0.15) is 0 Å². The summed E-state index contributed by atoms with van der Waals surface area (Å²) in [6, 6.07) is 10.4. The topological polar surface area (TPSA) is 76.7 Å². The average Bonchev–Trinajstić information content (AvgIpc) is 3.47. The lowest BCUT2D eigenvalue weighted by atomic mass is 10.0. The number of hydrogen-bond acceptors (Lipinski definition) is 4. The van der Waals surface area contributed by atoms with Crippen molar-refractivity contribution in [2.75, 3.05) is 24.9 Å². The molecule has 0 atom stereocenters. The van der Waals surface area contributed by atoms with E-state index in [4.69, 9.17) is 21.1 Å². The number of nitrogens with one attached hydrogen (secondary N) is 2. The average molecular weight is 389 g/mol. The van der Waals surface area contributed by atoms with E-state index < -0.39 is 5.41 Å². The monoisotopic (exact) mass is 388 g/mol. The van der Waals surface area contributed by atoms with Crippen molar-refractivity contribution < 1.29 is 19.1 Å². The van der Waals surface area contributed by atoms with Gasteiger partial charge >= 0.3 is 0 Å². The van der Waals surface area contributed by atoms with E-state index in [-0.39, 0.29) is 11.8 Å². The third kappa shape index (κ3) is 3.71. The highest BCUT2D eigenvalue weighted by Crippen LogP contribution is 2.48. The lowest BCUT2D eigenvalue weighted by Crippen LogP contribution is -2.35. The number of rotatable bonds is 6. The van der Waals surface area contributed by atoms with Gasteiger partial charge in [-0.3, -0.25) is 9.59 Å². The van der Waals surface area contributed by atoms with Crippen LogP contribution in [-0.4, -0.2) is 26.0 Å². The molecular weight excluding hydrogens is 368 g/mol. The summed E-state index contributed by atoms with van der Waals surface area (Å²) in [4.78, 5) is 25.6. The predicted octanol–water partition coefficient (Wildman–Crippen LogP) is 4.02. The number of amides is 2. The van der Waals surface area contributed by atoms with Crippen LogP contribution in [-0.2, 0) is 9.59 Å². The molecule has 0 aromatic heterocycles. The first kappa shape index (κ1) is 19.0. The standard InChI is InChI=1S/C20H21ClN2O4/c1-12-10-15(17(27-3)11-13(12)21)23-19(25)20(8-9-20)18(24)22-14-6-4-5-7-16(14)26-2/h4-7,10-11H,8-9H2,1-3H3,(H,22,24)(H,23,25). The molecule has 7 heteroatoms. The highest BCUT2D eigenvalue weighted by Gasteiger charge is 2.56. The van der Waals surface area contributed by atoms with E-state index in [1.807, 2.05) is 13.0 Å². The van der Waals surface area contributed by atoms with Crippen LogP contribution < -0.4 is 20.1 Å². The zero-order valence-corrected chi connectivity index (χ0v) is 16.1. The Balaban J connectivity index is 1.79. The largest absolute Gasteiger partial charge is 0.495 e. The molecule has 3 rings (SSSR count). The third-order valence-corrected chi connectivity index (χ3v) is 5.11. The highest BCUT2D eigenvalue weighted by atomic mass is 35.5. The molecule has 0 radical (unpaired) electrons.